The van der Waals surface area contributed by atoms with Crippen LogP contribution in [0.1, 0.15) is 11.7 Å². The summed E-state index contributed by atoms with van der Waals surface area (Å²) in [7, 11) is 0. The Morgan fingerprint density at radius 2 is 2.00 bits per heavy atom. The van der Waals surface area contributed by atoms with Gasteiger partial charge in [0, 0.05) is 20.9 Å². The molecule has 33 heavy (non-hydrogen) atoms. The van der Waals surface area contributed by atoms with Crippen molar-refractivity contribution in [2.45, 2.75) is 40.9 Å². The van der Waals surface area contributed by atoms with E-state index in [2.05, 4.69) is 36.2 Å². The van der Waals surface area contributed by atoms with Crippen LogP contribution in [0.3, 0.4) is 0 Å². The van der Waals surface area contributed by atoms with Crippen molar-refractivity contribution in [3.8, 4) is 16.6 Å². The van der Waals surface area contributed by atoms with Crippen LogP contribution in [-0.2, 0) is 10.9 Å². The minimum Gasteiger partial charge on any atom is -0.486 e. The molecule has 16 heteroatoms. The Bertz CT molecular complexity index is 1130. The smallest absolute Gasteiger partial charge is 0.434 e. The molecule has 0 aliphatic carbocycles. The first-order valence-electron chi connectivity index (χ1n) is 9.17. The minimum absolute atomic E-state index is 0.168. The number of aliphatic hydroxyl groups excluding tert-OH is 3. The maximum Gasteiger partial charge on any atom is 0.434 e. The van der Waals surface area contributed by atoms with E-state index in [-0.39, 0.29) is 20.3 Å². The molecule has 3 aromatic heterocycles. The first-order valence-corrected chi connectivity index (χ1v) is 11.7. The van der Waals surface area contributed by atoms with E-state index in [1.54, 1.807) is 5.38 Å². The highest BCUT2D eigenvalue weighted by Gasteiger charge is 2.46. The molecule has 178 valence electrons. The predicted molar refractivity (Wildman–Crippen MR) is 112 cm³/mol. The molecule has 0 aromatic carbocycles. The lowest BCUT2D eigenvalue weighted by molar-refractivity contribution is -0.178. The van der Waals surface area contributed by atoms with Crippen LogP contribution in [0.25, 0.3) is 11.4 Å². The number of aromatic hydroxyl groups is 1. The fraction of sp³-hybridized carbons (Fsp3) is 0.412. The third kappa shape index (κ3) is 5.01. The lowest BCUT2D eigenvalue weighted by Gasteiger charge is -2.41. The summed E-state index contributed by atoms with van der Waals surface area (Å²) < 4.78 is 45.4. The molecule has 1 fully saturated rings. The summed E-state index contributed by atoms with van der Waals surface area (Å²) in [4.78, 5) is 7.57. The number of rotatable bonds is 5. The molecule has 4 heterocycles. The van der Waals surface area contributed by atoms with Gasteiger partial charge in [0.15, 0.2) is 5.69 Å². The van der Waals surface area contributed by atoms with Crippen LogP contribution in [0.4, 0.5) is 13.2 Å². The maximum atomic E-state index is 13.0. The van der Waals surface area contributed by atoms with Crippen molar-refractivity contribution >= 4 is 39.0 Å². The monoisotopic (exact) mass is 569 g/mol. The molecule has 0 radical (unpaired) electrons. The number of hydrogen-bond acceptors (Lipinski definition) is 11. The van der Waals surface area contributed by atoms with E-state index in [0.717, 1.165) is 29.3 Å². The van der Waals surface area contributed by atoms with Crippen molar-refractivity contribution in [1.29, 1.82) is 0 Å². The summed E-state index contributed by atoms with van der Waals surface area (Å²) in [5.41, 5.74) is -1.57. The van der Waals surface area contributed by atoms with E-state index in [1.807, 2.05) is 0 Å². The van der Waals surface area contributed by atoms with Gasteiger partial charge in [-0.15, -0.1) is 5.10 Å². The zero-order chi connectivity index (χ0) is 23.9. The molecule has 10 nitrogen and oxygen atoms in total. The molecule has 3 aromatic rings. The number of halogens is 4. The first-order chi connectivity index (χ1) is 15.6. The SMILES string of the molecule is OCC1O[C@H](Sc2cnc(C(F)(F)F)c(Br)c2)C(O)[C@@H](n2cc(-c3csc(O)n3)nn2)[C@H]1O. The van der Waals surface area contributed by atoms with Crippen molar-refractivity contribution in [2.75, 3.05) is 6.61 Å². The quantitative estimate of drug-likeness (QED) is 0.360. The highest BCUT2D eigenvalue weighted by atomic mass is 79.9. The van der Waals surface area contributed by atoms with Crippen LogP contribution >= 0.6 is 39.0 Å². The van der Waals surface area contributed by atoms with Crippen molar-refractivity contribution in [1.82, 2.24) is 25.0 Å². The largest absolute Gasteiger partial charge is 0.486 e. The number of ether oxygens (including phenoxy) is 1. The number of nitrogens with zero attached hydrogens (tertiary/aromatic N) is 5. The van der Waals surface area contributed by atoms with Crippen LogP contribution < -0.4 is 0 Å². The average molecular weight is 570 g/mol. The summed E-state index contributed by atoms with van der Waals surface area (Å²) in [6.07, 6.45) is -6.13. The molecule has 4 rings (SSSR count). The second-order valence-electron chi connectivity index (χ2n) is 6.91. The number of thiazole rings is 1. The van der Waals surface area contributed by atoms with Gasteiger partial charge in [-0.05, 0) is 22.0 Å². The summed E-state index contributed by atoms with van der Waals surface area (Å²) in [5.74, 6) is 0. The van der Waals surface area contributed by atoms with Gasteiger partial charge in [-0.25, -0.2) is 14.6 Å². The molecule has 0 saturated carbocycles. The Labute approximate surface area is 200 Å². The summed E-state index contributed by atoms with van der Waals surface area (Å²) >= 11 is 4.71. The standard InChI is InChI=1S/C17H15BrF3N5O5S2/c18-7-1-6(2-22-14(7)17(19,20)21)33-15-13(29)11(12(28)10(4-27)31-15)26-3-8(24-25-26)9-5-32-16(30)23-9/h1-3,5,10-13,15,27-29H,4H2,(H,23,30)/t10?,11-,12-,13?,15+/m0/s1. The normalized spacial score (nSPS) is 26.0. The van der Waals surface area contributed by atoms with E-state index in [0.29, 0.717) is 5.69 Å². The molecule has 0 spiro atoms. The Morgan fingerprint density at radius 3 is 2.61 bits per heavy atom. The summed E-state index contributed by atoms with van der Waals surface area (Å²) in [6, 6.07) is 0.0834. The summed E-state index contributed by atoms with van der Waals surface area (Å²) in [5, 5.41) is 49.9. The van der Waals surface area contributed by atoms with Crippen molar-refractivity contribution in [3.05, 3.63) is 34.0 Å². The molecule has 5 atom stereocenters. The van der Waals surface area contributed by atoms with Gasteiger partial charge >= 0.3 is 6.18 Å². The van der Waals surface area contributed by atoms with E-state index in [9.17, 15) is 33.6 Å². The van der Waals surface area contributed by atoms with Gasteiger partial charge < -0.3 is 25.2 Å². The van der Waals surface area contributed by atoms with Crippen LogP contribution in [0.2, 0.25) is 0 Å². The van der Waals surface area contributed by atoms with Gasteiger partial charge in [-0.1, -0.05) is 28.3 Å². The lowest BCUT2D eigenvalue weighted by Crippen LogP contribution is -2.55. The molecular weight excluding hydrogens is 555 g/mol. The average Bonchev–Trinajstić information content (AvgIpc) is 3.38. The lowest BCUT2D eigenvalue weighted by atomic mass is 9.97. The number of pyridine rings is 1. The maximum absolute atomic E-state index is 13.0. The minimum atomic E-state index is -4.64. The molecule has 1 aliphatic rings. The van der Waals surface area contributed by atoms with Gasteiger partial charge in [-0.2, -0.15) is 13.2 Å². The number of aliphatic hydroxyl groups is 3. The predicted octanol–water partition coefficient (Wildman–Crippen LogP) is 2.06. The molecule has 0 amide bonds. The fourth-order valence-electron chi connectivity index (χ4n) is 3.23. The number of alkyl halides is 3. The Kier molecular flexibility index (Phi) is 6.95. The van der Waals surface area contributed by atoms with E-state index >= 15 is 0 Å². The number of thioether (sulfide) groups is 1. The van der Waals surface area contributed by atoms with Crippen LogP contribution in [-0.4, -0.2) is 75.7 Å². The zero-order valence-electron chi connectivity index (χ0n) is 16.2. The van der Waals surface area contributed by atoms with Crippen LogP contribution in [0.15, 0.2) is 33.2 Å². The molecule has 4 N–H and O–H groups in total. The fourth-order valence-corrected chi connectivity index (χ4v) is 5.56. The summed E-state index contributed by atoms with van der Waals surface area (Å²) in [6.45, 7) is -0.585. The van der Waals surface area contributed by atoms with Gasteiger partial charge in [0.1, 0.15) is 41.2 Å². The molecular formula is C17H15BrF3N5O5S2. The highest BCUT2D eigenvalue weighted by Crippen LogP contribution is 2.40. The van der Waals surface area contributed by atoms with Gasteiger partial charge in [0.05, 0.1) is 12.8 Å². The van der Waals surface area contributed by atoms with E-state index in [4.69, 9.17) is 4.74 Å². The van der Waals surface area contributed by atoms with Crippen molar-refractivity contribution in [3.63, 3.8) is 0 Å². The first kappa shape index (κ1) is 24.3. The van der Waals surface area contributed by atoms with Crippen molar-refractivity contribution in [2.24, 2.45) is 0 Å². The zero-order valence-corrected chi connectivity index (χ0v) is 19.4. The third-order valence-electron chi connectivity index (χ3n) is 4.76. The van der Waals surface area contributed by atoms with Crippen molar-refractivity contribution < 1.29 is 38.3 Å². The Hall–Kier alpha value is -1.82. The van der Waals surface area contributed by atoms with E-state index < -0.39 is 48.3 Å². The topological polar surface area (TPSA) is 147 Å². The molecule has 1 aliphatic heterocycles. The Morgan fingerprint density at radius 1 is 1.24 bits per heavy atom. The third-order valence-corrected chi connectivity index (χ3v) is 7.12. The van der Waals surface area contributed by atoms with E-state index in [1.165, 1.54) is 16.9 Å². The Balaban J connectivity index is 1.59. The molecule has 1 saturated heterocycles. The highest BCUT2D eigenvalue weighted by molar-refractivity contribution is 9.10. The van der Waals surface area contributed by atoms with Gasteiger partial charge in [-0.3, -0.25) is 0 Å². The number of hydrogen-bond donors (Lipinski definition) is 4. The second kappa shape index (κ2) is 9.44. The second-order valence-corrected chi connectivity index (χ2v) is 9.78. The van der Waals surface area contributed by atoms with Gasteiger partial charge in [0.25, 0.3) is 5.19 Å². The van der Waals surface area contributed by atoms with Crippen LogP contribution in [0.5, 0.6) is 5.19 Å². The molecule has 0 bridgehead atoms. The van der Waals surface area contributed by atoms with Crippen LogP contribution in [0, 0.1) is 0 Å². The molecule has 2 unspecified atom stereocenters. The number of aromatic nitrogens is 5. The van der Waals surface area contributed by atoms with Gasteiger partial charge in [0.2, 0.25) is 0 Å².